The molecule has 2 rings (SSSR count). The van der Waals surface area contributed by atoms with Crippen LogP contribution in [0.3, 0.4) is 0 Å². The average Bonchev–Trinajstić information content (AvgIpc) is 2.22. The summed E-state index contributed by atoms with van der Waals surface area (Å²) in [6, 6.07) is 3.39. The van der Waals surface area contributed by atoms with Crippen molar-refractivity contribution in [2.75, 3.05) is 0 Å². The quantitative estimate of drug-likeness (QED) is 0.798. The minimum atomic E-state index is -2.82. The van der Waals surface area contributed by atoms with E-state index in [4.69, 9.17) is 0 Å². The van der Waals surface area contributed by atoms with Crippen molar-refractivity contribution in [3.63, 3.8) is 0 Å². The monoisotopic (exact) mass is 227 g/mol. The van der Waals surface area contributed by atoms with Crippen LogP contribution in [-0.2, 0) is 0 Å². The number of halogens is 3. The van der Waals surface area contributed by atoms with E-state index in [1.54, 1.807) is 6.92 Å². The molecule has 0 unspecified atom stereocenters. The lowest BCUT2D eigenvalue weighted by Crippen LogP contribution is -2.08. The van der Waals surface area contributed by atoms with Gasteiger partial charge in [0, 0.05) is 6.07 Å². The SMILES string of the molecule is Cc1ccc(F)c2[nH]c(C(F)F)cc(=O)c12. The van der Waals surface area contributed by atoms with Crippen LogP contribution in [0.15, 0.2) is 23.0 Å². The second-order valence-electron chi connectivity index (χ2n) is 3.50. The van der Waals surface area contributed by atoms with E-state index in [-0.39, 0.29) is 10.9 Å². The molecule has 1 aromatic heterocycles. The summed E-state index contributed by atoms with van der Waals surface area (Å²) in [5.41, 5.74) is -0.774. The van der Waals surface area contributed by atoms with E-state index in [0.717, 1.165) is 12.1 Å². The van der Waals surface area contributed by atoms with Gasteiger partial charge >= 0.3 is 0 Å². The molecule has 0 aliphatic carbocycles. The zero-order valence-electron chi connectivity index (χ0n) is 8.35. The Morgan fingerprint density at radius 3 is 2.62 bits per heavy atom. The van der Waals surface area contributed by atoms with Gasteiger partial charge < -0.3 is 4.98 Å². The first-order valence-electron chi connectivity index (χ1n) is 4.61. The number of H-pyrrole nitrogens is 1. The molecule has 84 valence electrons. The van der Waals surface area contributed by atoms with Crippen LogP contribution in [0.5, 0.6) is 0 Å². The van der Waals surface area contributed by atoms with Crippen molar-refractivity contribution in [2.45, 2.75) is 13.3 Å². The van der Waals surface area contributed by atoms with Gasteiger partial charge in [0.2, 0.25) is 0 Å². The second-order valence-corrected chi connectivity index (χ2v) is 3.50. The van der Waals surface area contributed by atoms with Gasteiger partial charge in [-0.2, -0.15) is 0 Å². The summed E-state index contributed by atoms with van der Waals surface area (Å²) in [7, 11) is 0. The van der Waals surface area contributed by atoms with Gasteiger partial charge in [-0.1, -0.05) is 6.07 Å². The molecule has 0 bridgehead atoms. The summed E-state index contributed by atoms with van der Waals surface area (Å²) in [5, 5.41) is 0.115. The largest absolute Gasteiger partial charge is 0.351 e. The molecule has 0 amide bonds. The van der Waals surface area contributed by atoms with Crippen LogP contribution in [0.25, 0.3) is 10.9 Å². The number of fused-ring (bicyclic) bond motifs is 1. The van der Waals surface area contributed by atoms with E-state index in [2.05, 4.69) is 4.98 Å². The molecule has 0 aliphatic rings. The fraction of sp³-hybridized carbons (Fsp3) is 0.182. The maximum absolute atomic E-state index is 13.4. The maximum atomic E-state index is 13.4. The molecule has 5 heteroatoms. The number of aromatic nitrogens is 1. The molecule has 1 N–H and O–H groups in total. The van der Waals surface area contributed by atoms with Crippen LogP contribution in [0.1, 0.15) is 17.7 Å². The van der Waals surface area contributed by atoms with Crippen molar-refractivity contribution in [2.24, 2.45) is 0 Å². The molecule has 1 aromatic carbocycles. The van der Waals surface area contributed by atoms with Crippen molar-refractivity contribution < 1.29 is 13.2 Å². The second kappa shape index (κ2) is 3.66. The first-order chi connectivity index (χ1) is 7.50. The first-order valence-corrected chi connectivity index (χ1v) is 4.61. The minimum Gasteiger partial charge on any atom is -0.351 e. The smallest absolute Gasteiger partial charge is 0.278 e. The fourth-order valence-electron chi connectivity index (χ4n) is 1.63. The number of rotatable bonds is 1. The Morgan fingerprint density at radius 2 is 2.00 bits per heavy atom. The summed E-state index contributed by atoms with van der Waals surface area (Å²) >= 11 is 0. The Kier molecular flexibility index (Phi) is 2.46. The number of aromatic amines is 1. The normalized spacial score (nSPS) is 11.3. The number of alkyl halides is 2. The molecule has 0 atom stereocenters. The zero-order chi connectivity index (χ0) is 11.9. The van der Waals surface area contributed by atoms with Gasteiger partial charge in [-0.3, -0.25) is 4.79 Å². The van der Waals surface area contributed by atoms with Crippen LogP contribution in [0, 0.1) is 12.7 Å². The standard InChI is InChI=1S/C11H8F3NO/c1-5-2-3-6(12)10-9(5)8(16)4-7(15-10)11(13)14/h2-4,11H,1H3,(H,15,16). The molecule has 0 spiro atoms. The Balaban J connectivity index is 2.92. The number of hydrogen-bond donors (Lipinski definition) is 1. The lowest BCUT2D eigenvalue weighted by atomic mass is 10.1. The molecule has 0 radical (unpaired) electrons. The highest BCUT2D eigenvalue weighted by Crippen LogP contribution is 2.21. The summed E-state index contributed by atoms with van der Waals surface area (Å²) in [4.78, 5) is 13.8. The van der Waals surface area contributed by atoms with Gasteiger partial charge in [0.25, 0.3) is 6.43 Å². The lowest BCUT2D eigenvalue weighted by molar-refractivity contribution is 0.146. The summed E-state index contributed by atoms with van der Waals surface area (Å²) in [6.45, 7) is 1.62. The molecule has 0 saturated carbocycles. The van der Waals surface area contributed by atoms with Gasteiger partial charge in [0.1, 0.15) is 5.82 Å². The highest BCUT2D eigenvalue weighted by Gasteiger charge is 2.13. The molecule has 2 nitrogen and oxygen atoms in total. The number of pyridine rings is 1. The van der Waals surface area contributed by atoms with Gasteiger partial charge in [0.15, 0.2) is 5.43 Å². The zero-order valence-corrected chi connectivity index (χ0v) is 8.35. The van der Waals surface area contributed by atoms with Gasteiger partial charge in [-0.05, 0) is 18.6 Å². The molecule has 2 aromatic rings. The van der Waals surface area contributed by atoms with Crippen molar-refractivity contribution >= 4 is 10.9 Å². The third-order valence-electron chi connectivity index (χ3n) is 2.40. The number of aryl methyl sites for hydroxylation is 1. The van der Waals surface area contributed by atoms with Crippen LogP contribution in [0.4, 0.5) is 13.2 Å². The number of benzene rings is 1. The highest BCUT2D eigenvalue weighted by atomic mass is 19.3. The highest BCUT2D eigenvalue weighted by molar-refractivity contribution is 5.82. The van der Waals surface area contributed by atoms with E-state index in [0.29, 0.717) is 5.56 Å². The van der Waals surface area contributed by atoms with E-state index in [1.165, 1.54) is 6.07 Å². The summed E-state index contributed by atoms with van der Waals surface area (Å²) in [6.07, 6.45) is -2.82. The van der Waals surface area contributed by atoms with Crippen molar-refractivity contribution in [1.29, 1.82) is 0 Å². The average molecular weight is 227 g/mol. The van der Waals surface area contributed by atoms with E-state index >= 15 is 0 Å². The minimum absolute atomic E-state index is 0.115. The number of hydrogen-bond acceptors (Lipinski definition) is 1. The number of nitrogens with one attached hydrogen (secondary N) is 1. The molecule has 1 heterocycles. The van der Waals surface area contributed by atoms with Crippen molar-refractivity contribution in [3.05, 3.63) is 45.5 Å². The Labute approximate surface area is 88.7 Å². The van der Waals surface area contributed by atoms with E-state index in [1.807, 2.05) is 0 Å². The van der Waals surface area contributed by atoms with Crippen LogP contribution < -0.4 is 5.43 Å². The maximum Gasteiger partial charge on any atom is 0.278 e. The Morgan fingerprint density at radius 1 is 1.31 bits per heavy atom. The first kappa shape index (κ1) is 10.7. The Hall–Kier alpha value is -1.78. The summed E-state index contributed by atoms with van der Waals surface area (Å²) < 4.78 is 38.2. The third-order valence-corrected chi connectivity index (χ3v) is 2.40. The molecular weight excluding hydrogens is 219 g/mol. The van der Waals surface area contributed by atoms with Crippen LogP contribution in [-0.4, -0.2) is 4.98 Å². The van der Waals surface area contributed by atoms with Crippen LogP contribution in [0.2, 0.25) is 0 Å². The lowest BCUT2D eigenvalue weighted by Gasteiger charge is -2.06. The predicted molar refractivity (Wildman–Crippen MR) is 54.2 cm³/mol. The van der Waals surface area contributed by atoms with Gasteiger partial charge in [-0.25, -0.2) is 13.2 Å². The predicted octanol–water partition coefficient (Wildman–Crippen LogP) is 2.91. The fourth-order valence-corrected chi connectivity index (χ4v) is 1.63. The molecule has 0 aliphatic heterocycles. The molecular formula is C11H8F3NO. The molecule has 16 heavy (non-hydrogen) atoms. The topological polar surface area (TPSA) is 32.9 Å². The third kappa shape index (κ3) is 1.58. The molecule has 0 saturated heterocycles. The van der Waals surface area contributed by atoms with Crippen molar-refractivity contribution in [1.82, 2.24) is 4.98 Å². The van der Waals surface area contributed by atoms with Gasteiger partial charge in [-0.15, -0.1) is 0 Å². The van der Waals surface area contributed by atoms with E-state index < -0.39 is 23.4 Å². The molecule has 0 fully saturated rings. The van der Waals surface area contributed by atoms with Crippen LogP contribution >= 0.6 is 0 Å². The van der Waals surface area contributed by atoms with Gasteiger partial charge in [0.05, 0.1) is 16.6 Å². The summed E-state index contributed by atoms with van der Waals surface area (Å²) in [5.74, 6) is -0.708. The van der Waals surface area contributed by atoms with Crippen molar-refractivity contribution in [3.8, 4) is 0 Å². The van der Waals surface area contributed by atoms with E-state index in [9.17, 15) is 18.0 Å². The Bertz CT molecular complexity index is 604.